The van der Waals surface area contributed by atoms with Gasteiger partial charge in [0.1, 0.15) is 0 Å². The first-order valence-electron chi connectivity index (χ1n) is 5.19. The molecule has 0 spiro atoms. The molecule has 0 bridgehead atoms. The zero-order valence-electron chi connectivity index (χ0n) is 9.12. The molecule has 14 heavy (non-hydrogen) atoms. The number of rotatable bonds is 8. The van der Waals surface area contributed by atoms with Gasteiger partial charge >= 0.3 is 0 Å². The summed E-state index contributed by atoms with van der Waals surface area (Å²) in [6, 6.07) is 0.378. The summed E-state index contributed by atoms with van der Waals surface area (Å²) in [5.74, 6) is 0.0190. The lowest BCUT2D eigenvalue weighted by molar-refractivity contribution is 0.498. The lowest BCUT2D eigenvalue weighted by Gasteiger charge is -2.12. The second kappa shape index (κ2) is 7.20. The first-order chi connectivity index (χ1) is 6.45. The molecular formula is C9H22N2O2S. The molecule has 0 amide bonds. The van der Waals surface area contributed by atoms with E-state index < -0.39 is 10.0 Å². The Morgan fingerprint density at radius 1 is 1.36 bits per heavy atom. The smallest absolute Gasteiger partial charge is 0.210 e. The molecular weight excluding hydrogens is 200 g/mol. The number of nitrogens with one attached hydrogen (secondary N) is 1. The molecule has 3 N–H and O–H groups in total. The van der Waals surface area contributed by atoms with Gasteiger partial charge in [0.05, 0.1) is 5.75 Å². The molecule has 0 aromatic carbocycles. The van der Waals surface area contributed by atoms with E-state index in [9.17, 15) is 8.42 Å². The minimum Gasteiger partial charge on any atom is -0.313 e. The van der Waals surface area contributed by atoms with Crippen LogP contribution in [0, 0.1) is 0 Å². The Labute approximate surface area is 87.3 Å². The van der Waals surface area contributed by atoms with E-state index in [0.717, 1.165) is 6.42 Å². The van der Waals surface area contributed by atoms with E-state index in [4.69, 9.17) is 5.14 Å². The summed E-state index contributed by atoms with van der Waals surface area (Å²) in [7, 11) is -3.31. The van der Waals surface area contributed by atoms with Gasteiger partial charge in [-0.2, -0.15) is 0 Å². The summed E-state index contributed by atoms with van der Waals surface area (Å²) in [5.41, 5.74) is 0. The highest BCUT2D eigenvalue weighted by molar-refractivity contribution is 7.89. The van der Waals surface area contributed by atoms with E-state index in [2.05, 4.69) is 19.2 Å². The summed E-state index contributed by atoms with van der Waals surface area (Å²) >= 11 is 0. The topological polar surface area (TPSA) is 72.2 Å². The molecule has 0 rings (SSSR count). The average molecular weight is 222 g/mol. The van der Waals surface area contributed by atoms with Crippen LogP contribution in [0.2, 0.25) is 0 Å². The van der Waals surface area contributed by atoms with Crippen molar-refractivity contribution < 1.29 is 8.42 Å². The van der Waals surface area contributed by atoms with Crippen LogP contribution in [-0.2, 0) is 10.0 Å². The molecule has 0 saturated heterocycles. The van der Waals surface area contributed by atoms with Crippen LogP contribution < -0.4 is 10.5 Å². The summed E-state index contributed by atoms with van der Waals surface area (Å²) in [6.07, 6.45) is 4.74. The Kier molecular flexibility index (Phi) is 7.13. The second-order valence-electron chi connectivity index (χ2n) is 3.72. The molecule has 0 aromatic rings. The number of primary sulfonamides is 1. The van der Waals surface area contributed by atoms with E-state index in [1.807, 2.05) is 0 Å². The minimum atomic E-state index is -3.31. The van der Waals surface area contributed by atoms with Crippen LogP contribution in [0.4, 0.5) is 0 Å². The summed E-state index contributed by atoms with van der Waals surface area (Å²) < 4.78 is 21.2. The predicted octanol–water partition coefficient (Wildman–Crippen LogP) is 0.833. The highest BCUT2D eigenvalue weighted by Crippen LogP contribution is 2.02. The number of hydrogen-bond acceptors (Lipinski definition) is 3. The van der Waals surface area contributed by atoms with Crippen LogP contribution in [0.5, 0.6) is 0 Å². The van der Waals surface area contributed by atoms with Crippen molar-refractivity contribution in [3.05, 3.63) is 0 Å². The lowest BCUT2D eigenvalue weighted by Crippen LogP contribution is -2.32. The van der Waals surface area contributed by atoms with Crippen molar-refractivity contribution in [3.8, 4) is 0 Å². The van der Waals surface area contributed by atoms with Gasteiger partial charge in [-0.15, -0.1) is 0 Å². The van der Waals surface area contributed by atoms with Gasteiger partial charge in [0.25, 0.3) is 0 Å². The van der Waals surface area contributed by atoms with Crippen LogP contribution in [0.15, 0.2) is 0 Å². The highest BCUT2D eigenvalue weighted by atomic mass is 32.2. The van der Waals surface area contributed by atoms with Gasteiger partial charge in [-0.25, -0.2) is 13.6 Å². The van der Waals surface area contributed by atoms with E-state index in [-0.39, 0.29) is 5.75 Å². The van der Waals surface area contributed by atoms with Crippen molar-refractivity contribution >= 4 is 10.0 Å². The third-order valence-electron chi connectivity index (χ3n) is 2.12. The van der Waals surface area contributed by atoms with Crippen molar-refractivity contribution in [3.63, 3.8) is 0 Å². The van der Waals surface area contributed by atoms with Crippen molar-refractivity contribution in [1.82, 2.24) is 5.32 Å². The van der Waals surface area contributed by atoms with Gasteiger partial charge in [-0.1, -0.05) is 26.2 Å². The Hall–Kier alpha value is -0.130. The first-order valence-corrected chi connectivity index (χ1v) is 6.91. The van der Waals surface area contributed by atoms with Crippen molar-refractivity contribution in [2.75, 3.05) is 12.3 Å². The molecule has 0 radical (unpaired) electrons. The van der Waals surface area contributed by atoms with Crippen molar-refractivity contribution in [2.45, 2.75) is 45.6 Å². The predicted molar refractivity (Wildman–Crippen MR) is 59.6 cm³/mol. The average Bonchev–Trinajstić information content (AvgIpc) is 2.02. The lowest BCUT2D eigenvalue weighted by atomic mass is 10.1. The van der Waals surface area contributed by atoms with Gasteiger partial charge in [0.2, 0.25) is 10.0 Å². The van der Waals surface area contributed by atoms with E-state index >= 15 is 0 Å². The van der Waals surface area contributed by atoms with Crippen LogP contribution in [0.25, 0.3) is 0 Å². The molecule has 0 heterocycles. The zero-order valence-corrected chi connectivity index (χ0v) is 9.94. The van der Waals surface area contributed by atoms with Gasteiger partial charge in [-0.05, 0) is 13.3 Å². The fourth-order valence-electron chi connectivity index (χ4n) is 1.25. The summed E-state index contributed by atoms with van der Waals surface area (Å²) in [4.78, 5) is 0. The van der Waals surface area contributed by atoms with Crippen LogP contribution in [0.1, 0.15) is 39.5 Å². The molecule has 1 unspecified atom stereocenters. The van der Waals surface area contributed by atoms with Crippen molar-refractivity contribution in [2.24, 2.45) is 5.14 Å². The van der Waals surface area contributed by atoms with Gasteiger partial charge in [0.15, 0.2) is 0 Å². The van der Waals surface area contributed by atoms with E-state index in [0.29, 0.717) is 12.6 Å². The summed E-state index contributed by atoms with van der Waals surface area (Å²) in [5, 5.41) is 8.01. The Bertz CT molecular complexity index is 227. The van der Waals surface area contributed by atoms with E-state index in [1.54, 1.807) is 0 Å². The third kappa shape index (κ3) is 9.95. The number of hydrogen-bond donors (Lipinski definition) is 2. The maximum Gasteiger partial charge on any atom is 0.210 e. The molecule has 1 atom stereocenters. The molecule has 0 aromatic heterocycles. The van der Waals surface area contributed by atoms with Gasteiger partial charge < -0.3 is 5.32 Å². The number of unbranched alkanes of at least 4 members (excludes halogenated alkanes) is 2. The van der Waals surface area contributed by atoms with Crippen LogP contribution in [-0.4, -0.2) is 26.8 Å². The number of nitrogens with two attached hydrogens (primary N) is 1. The van der Waals surface area contributed by atoms with E-state index in [1.165, 1.54) is 19.3 Å². The fourth-order valence-corrected chi connectivity index (χ4v) is 1.65. The molecule has 4 nitrogen and oxygen atoms in total. The zero-order chi connectivity index (χ0) is 11.0. The van der Waals surface area contributed by atoms with Crippen molar-refractivity contribution in [1.29, 1.82) is 0 Å². The van der Waals surface area contributed by atoms with Gasteiger partial charge in [-0.3, -0.25) is 0 Å². The molecule has 0 aliphatic heterocycles. The monoisotopic (exact) mass is 222 g/mol. The summed E-state index contributed by atoms with van der Waals surface area (Å²) in [6.45, 7) is 4.68. The quantitative estimate of drug-likeness (QED) is 0.598. The van der Waals surface area contributed by atoms with Crippen LogP contribution in [0.3, 0.4) is 0 Å². The van der Waals surface area contributed by atoms with Crippen LogP contribution >= 0.6 is 0 Å². The Balaban J connectivity index is 3.40. The maximum atomic E-state index is 10.6. The molecule has 86 valence electrons. The largest absolute Gasteiger partial charge is 0.313 e. The number of sulfonamides is 1. The Morgan fingerprint density at radius 3 is 2.50 bits per heavy atom. The SMILES string of the molecule is CCCCCC(C)NCCS(N)(=O)=O. The second-order valence-corrected chi connectivity index (χ2v) is 5.45. The molecule has 0 aliphatic carbocycles. The molecule has 0 aliphatic rings. The Morgan fingerprint density at radius 2 is 2.00 bits per heavy atom. The third-order valence-corrected chi connectivity index (χ3v) is 2.89. The molecule has 5 heteroatoms. The standard InChI is InChI=1S/C9H22N2O2S/c1-3-4-5-6-9(2)11-7-8-14(10,12)13/h9,11H,3-8H2,1-2H3,(H2,10,12,13). The fraction of sp³-hybridized carbons (Fsp3) is 1.00. The van der Waals surface area contributed by atoms with Gasteiger partial charge in [0, 0.05) is 12.6 Å². The molecule has 0 saturated carbocycles. The minimum absolute atomic E-state index is 0.0190. The maximum absolute atomic E-state index is 10.6. The normalized spacial score (nSPS) is 14.2. The highest BCUT2D eigenvalue weighted by Gasteiger charge is 2.04. The first kappa shape index (κ1) is 13.9. The molecule has 0 fully saturated rings.